The van der Waals surface area contributed by atoms with Crippen molar-refractivity contribution in [1.29, 1.82) is 0 Å². The van der Waals surface area contributed by atoms with Crippen LogP contribution in [0.5, 0.6) is 0 Å². The Labute approximate surface area is 87.5 Å². The Hall–Kier alpha value is -0.820. The molecule has 0 aliphatic heterocycles. The molecule has 0 amide bonds. The number of hydrogen-bond acceptors (Lipinski definition) is 1. The number of aryl methyl sites for hydroxylation is 2. The van der Waals surface area contributed by atoms with Crippen molar-refractivity contribution in [2.75, 3.05) is 7.05 Å². The van der Waals surface area contributed by atoms with E-state index in [-0.39, 0.29) is 0 Å². The van der Waals surface area contributed by atoms with Gasteiger partial charge in [-0.3, -0.25) is 0 Å². The predicted octanol–water partition coefficient (Wildman–Crippen LogP) is 3.15. The Morgan fingerprint density at radius 3 is 2.29 bits per heavy atom. The minimum atomic E-state index is 0.617. The van der Waals surface area contributed by atoms with Crippen LogP contribution in [0.15, 0.2) is 12.1 Å². The molecule has 0 aliphatic rings. The van der Waals surface area contributed by atoms with Crippen molar-refractivity contribution in [2.45, 2.75) is 40.2 Å². The van der Waals surface area contributed by atoms with Crippen molar-refractivity contribution in [2.24, 2.45) is 0 Å². The van der Waals surface area contributed by atoms with Crippen molar-refractivity contribution in [1.82, 2.24) is 5.32 Å². The van der Waals surface area contributed by atoms with Gasteiger partial charge in [0.2, 0.25) is 0 Å². The highest BCUT2D eigenvalue weighted by atomic mass is 14.8. The minimum Gasteiger partial charge on any atom is -0.316 e. The number of hydrogen-bond donors (Lipinski definition) is 1. The molecule has 1 rings (SSSR count). The van der Waals surface area contributed by atoms with E-state index in [1.54, 1.807) is 0 Å². The monoisotopic (exact) mass is 191 g/mol. The second-order valence-corrected chi connectivity index (χ2v) is 4.32. The van der Waals surface area contributed by atoms with E-state index in [0.29, 0.717) is 5.92 Å². The first kappa shape index (κ1) is 11.3. The molecule has 0 saturated heterocycles. The van der Waals surface area contributed by atoms with Crippen LogP contribution in [-0.4, -0.2) is 7.05 Å². The van der Waals surface area contributed by atoms with Crippen LogP contribution in [0.1, 0.15) is 42.0 Å². The summed E-state index contributed by atoms with van der Waals surface area (Å²) in [6.07, 6.45) is 0. The van der Waals surface area contributed by atoms with Crippen LogP contribution >= 0.6 is 0 Å². The predicted molar refractivity (Wildman–Crippen MR) is 62.8 cm³/mol. The van der Waals surface area contributed by atoms with E-state index < -0.39 is 0 Å². The second-order valence-electron chi connectivity index (χ2n) is 4.32. The summed E-state index contributed by atoms with van der Waals surface area (Å²) in [5, 5.41) is 3.21. The molecule has 0 bridgehead atoms. The topological polar surface area (TPSA) is 12.0 Å². The van der Waals surface area contributed by atoms with Gasteiger partial charge in [0.15, 0.2) is 0 Å². The maximum Gasteiger partial charge on any atom is 0.0205 e. The van der Waals surface area contributed by atoms with Crippen molar-refractivity contribution in [3.8, 4) is 0 Å². The van der Waals surface area contributed by atoms with Gasteiger partial charge in [-0.25, -0.2) is 0 Å². The van der Waals surface area contributed by atoms with Gasteiger partial charge in [0.05, 0.1) is 0 Å². The summed E-state index contributed by atoms with van der Waals surface area (Å²) in [6, 6.07) is 4.63. The fourth-order valence-corrected chi connectivity index (χ4v) is 1.92. The SMILES string of the molecule is CNCc1cc(C(C)C)c(C)cc1C. The van der Waals surface area contributed by atoms with Gasteiger partial charge < -0.3 is 5.32 Å². The third-order valence-corrected chi connectivity index (χ3v) is 2.71. The molecule has 0 heterocycles. The fraction of sp³-hybridized carbons (Fsp3) is 0.538. The maximum absolute atomic E-state index is 3.21. The average molecular weight is 191 g/mol. The molecular weight excluding hydrogens is 170 g/mol. The average Bonchev–Trinajstić information content (AvgIpc) is 2.09. The zero-order valence-corrected chi connectivity index (χ0v) is 9.94. The van der Waals surface area contributed by atoms with E-state index in [2.05, 4.69) is 45.1 Å². The quantitative estimate of drug-likeness (QED) is 0.774. The zero-order valence-electron chi connectivity index (χ0n) is 9.94. The zero-order chi connectivity index (χ0) is 10.7. The van der Waals surface area contributed by atoms with Crippen LogP contribution in [-0.2, 0) is 6.54 Å². The van der Waals surface area contributed by atoms with Gasteiger partial charge in [-0.05, 0) is 49.1 Å². The van der Waals surface area contributed by atoms with Crippen molar-refractivity contribution in [3.63, 3.8) is 0 Å². The molecule has 1 nitrogen and oxygen atoms in total. The third-order valence-electron chi connectivity index (χ3n) is 2.71. The lowest BCUT2D eigenvalue weighted by Gasteiger charge is -2.14. The highest BCUT2D eigenvalue weighted by molar-refractivity contribution is 5.38. The van der Waals surface area contributed by atoms with Crippen molar-refractivity contribution >= 4 is 0 Å². The molecule has 14 heavy (non-hydrogen) atoms. The Morgan fingerprint density at radius 1 is 1.14 bits per heavy atom. The van der Waals surface area contributed by atoms with Crippen LogP contribution in [0.3, 0.4) is 0 Å². The smallest absolute Gasteiger partial charge is 0.0205 e. The van der Waals surface area contributed by atoms with Gasteiger partial charge in [0, 0.05) is 6.54 Å². The first-order valence-corrected chi connectivity index (χ1v) is 5.31. The van der Waals surface area contributed by atoms with E-state index in [9.17, 15) is 0 Å². The first-order valence-electron chi connectivity index (χ1n) is 5.31. The summed E-state index contributed by atoms with van der Waals surface area (Å²) >= 11 is 0. The molecule has 0 aliphatic carbocycles. The number of benzene rings is 1. The highest BCUT2D eigenvalue weighted by Crippen LogP contribution is 2.22. The molecule has 1 heteroatoms. The molecule has 78 valence electrons. The second kappa shape index (κ2) is 4.61. The lowest BCUT2D eigenvalue weighted by Crippen LogP contribution is -2.08. The van der Waals surface area contributed by atoms with Gasteiger partial charge in [-0.1, -0.05) is 26.0 Å². The minimum absolute atomic E-state index is 0.617. The van der Waals surface area contributed by atoms with E-state index in [1.807, 2.05) is 7.05 Å². The van der Waals surface area contributed by atoms with E-state index in [1.165, 1.54) is 22.3 Å². The Bertz CT molecular complexity index is 313. The van der Waals surface area contributed by atoms with Gasteiger partial charge in [-0.2, -0.15) is 0 Å². The molecule has 0 fully saturated rings. The summed E-state index contributed by atoms with van der Waals surface area (Å²) < 4.78 is 0. The van der Waals surface area contributed by atoms with Crippen LogP contribution in [0.4, 0.5) is 0 Å². The van der Waals surface area contributed by atoms with Gasteiger partial charge in [0.1, 0.15) is 0 Å². The lowest BCUT2D eigenvalue weighted by atomic mass is 9.93. The summed E-state index contributed by atoms with van der Waals surface area (Å²) in [6.45, 7) is 9.85. The molecule has 0 saturated carbocycles. The van der Waals surface area contributed by atoms with E-state index in [0.717, 1.165) is 6.54 Å². The molecule has 1 aromatic carbocycles. The summed E-state index contributed by atoms with van der Waals surface area (Å²) in [4.78, 5) is 0. The fourth-order valence-electron chi connectivity index (χ4n) is 1.92. The van der Waals surface area contributed by atoms with Crippen LogP contribution in [0.2, 0.25) is 0 Å². The highest BCUT2D eigenvalue weighted by Gasteiger charge is 2.06. The maximum atomic E-state index is 3.21. The van der Waals surface area contributed by atoms with E-state index >= 15 is 0 Å². The van der Waals surface area contributed by atoms with Gasteiger partial charge in [-0.15, -0.1) is 0 Å². The van der Waals surface area contributed by atoms with Crippen LogP contribution < -0.4 is 5.32 Å². The molecule has 0 unspecified atom stereocenters. The molecule has 0 radical (unpaired) electrons. The molecule has 0 aromatic heterocycles. The molecule has 0 atom stereocenters. The molecule has 1 N–H and O–H groups in total. The number of rotatable bonds is 3. The van der Waals surface area contributed by atoms with Crippen molar-refractivity contribution < 1.29 is 0 Å². The summed E-state index contributed by atoms with van der Waals surface area (Å²) in [7, 11) is 1.99. The normalized spacial score (nSPS) is 11.0. The van der Waals surface area contributed by atoms with Crippen molar-refractivity contribution in [3.05, 3.63) is 34.4 Å². The van der Waals surface area contributed by atoms with Crippen LogP contribution in [0, 0.1) is 13.8 Å². The van der Waals surface area contributed by atoms with Gasteiger partial charge >= 0.3 is 0 Å². The number of nitrogens with one attached hydrogen (secondary N) is 1. The van der Waals surface area contributed by atoms with E-state index in [4.69, 9.17) is 0 Å². The lowest BCUT2D eigenvalue weighted by molar-refractivity contribution is 0.798. The molecule has 0 spiro atoms. The molecular formula is C13H21N. The standard InChI is InChI=1S/C13H21N/c1-9(2)13-7-12(8-14-5)10(3)6-11(13)4/h6-7,9,14H,8H2,1-5H3. The molecule has 1 aromatic rings. The summed E-state index contributed by atoms with van der Waals surface area (Å²) in [5.74, 6) is 0.617. The third kappa shape index (κ3) is 2.36. The first-order chi connectivity index (χ1) is 6.56. The van der Waals surface area contributed by atoms with Crippen LogP contribution in [0.25, 0.3) is 0 Å². The largest absolute Gasteiger partial charge is 0.316 e. The summed E-state index contributed by atoms with van der Waals surface area (Å²) in [5.41, 5.74) is 5.70. The Balaban J connectivity index is 3.13. The Morgan fingerprint density at radius 2 is 1.79 bits per heavy atom. The Kier molecular flexibility index (Phi) is 3.70. The van der Waals surface area contributed by atoms with Gasteiger partial charge in [0.25, 0.3) is 0 Å².